The average molecular weight is 202 g/mol. The molecule has 1 aromatic carbocycles. The summed E-state index contributed by atoms with van der Waals surface area (Å²) in [5.41, 5.74) is 7.07. The Hall–Kier alpha value is -2.17. The number of nitrogens with zero attached hydrogens (tertiary/aromatic N) is 3. The van der Waals surface area contributed by atoms with Gasteiger partial charge in [-0.2, -0.15) is 5.10 Å². The van der Waals surface area contributed by atoms with Gasteiger partial charge < -0.3 is 10.5 Å². The smallest absolute Gasteiger partial charge is 0.240 e. The van der Waals surface area contributed by atoms with Crippen LogP contribution in [0.15, 0.2) is 30.5 Å². The van der Waals surface area contributed by atoms with Gasteiger partial charge in [-0.05, 0) is 24.3 Å². The molecular weight excluding hydrogens is 192 g/mol. The number of rotatable bonds is 2. The molecule has 0 saturated carbocycles. The zero-order chi connectivity index (χ0) is 10.7. The summed E-state index contributed by atoms with van der Waals surface area (Å²) in [5, 5.41) is 7.33. The van der Waals surface area contributed by atoms with E-state index < -0.39 is 0 Å². The maximum atomic E-state index is 5.44. The third-order valence-corrected chi connectivity index (χ3v) is 1.96. The molecule has 2 rings (SSSR count). The quantitative estimate of drug-likeness (QED) is 0.790. The molecule has 76 valence electrons. The van der Waals surface area contributed by atoms with Crippen molar-refractivity contribution in [1.82, 2.24) is 15.2 Å². The van der Waals surface area contributed by atoms with Crippen LogP contribution >= 0.6 is 0 Å². The van der Waals surface area contributed by atoms with Crippen molar-refractivity contribution in [3.8, 4) is 17.0 Å². The molecule has 0 aliphatic heterocycles. The van der Waals surface area contributed by atoms with Crippen LogP contribution in [-0.4, -0.2) is 22.3 Å². The number of nitrogen functional groups attached to an aromatic ring is 1. The lowest BCUT2D eigenvalue weighted by atomic mass is 10.1. The van der Waals surface area contributed by atoms with Crippen molar-refractivity contribution >= 4 is 5.95 Å². The molecule has 15 heavy (non-hydrogen) atoms. The number of aromatic nitrogens is 3. The maximum absolute atomic E-state index is 5.44. The lowest BCUT2D eigenvalue weighted by Crippen LogP contribution is -1.97. The van der Waals surface area contributed by atoms with Gasteiger partial charge in [0.25, 0.3) is 0 Å². The number of ether oxygens (including phenoxy) is 1. The molecule has 1 heterocycles. The molecule has 0 bridgehead atoms. The lowest BCUT2D eigenvalue weighted by molar-refractivity contribution is 0.415. The Kier molecular flexibility index (Phi) is 2.45. The van der Waals surface area contributed by atoms with Gasteiger partial charge in [-0.15, -0.1) is 5.10 Å². The first-order chi connectivity index (χ1) is 7.29. The predicted octanol–water partition coefficient (Wildman–Crippen LogP) is 1.13. The summed E-state index contributed by atoms with van der Waals surface area (Å²) in [4.78, 5) is 4.06. The highest BCUT2D eigenvalue weighted by molar-refractivity contribution is 5.59. The molecule has 5 heteroatoms. The standard InChI is InChI=1S/C10H10N4O/c1-15-8-4-2-7(3-5-8)9-6-12-14-10(11)13-9/h2-6H,1H3,(H2,11,13,14). The number of nitrogens with two attached hydrogens (primary N) is 1. The number of hydrogen-bond donors (Lipinski definition) is 1. The summed E-state index contributed by atoms with van der Waals surface area (Å²) < 4.78 is 5.06. The average Bonchev–Trinajstić information content (AvgIpc) is 2.29. The molecule has 2 aromatic rings. The SMILES string of the molecule is COc1ccc(-c2cnnc(N)n2)cc1. The number of methoxy groups -OCH3 is 1. The molecule has 0 aliphatic carbocycles. The van der Waals surface area contributed by atoms with Crippen molar-refractivity contribution in [2.24, 2.45) is 0 Å². The fraction of sp³-hybridized carbons (Fsp3) is 0.100. The van der Waals surface area contributed by atoms with Gasteiger partial charge in [0.05, 0.1) is 19.0 Å². The van der Waals surface area contributed by atoms with Crippen LogP contribution in [0.1, 0.15) is 0 Å². The van der Waals surface area contributed by atoms with Crippen LogP contribution in [0.5, 0.6) is 5.75 Å². The van der Waals surface area contributed by atoms with Gasteiger partial charge in [-0.25, -0.2) is 4.98 Å². The molecular formula is C10H10N4O. The van der Waals surface area contributed by atoms with E-state index in [9.17, 15) is 0 Å². The zero-order valence-corrected chi connectivity index (χ0v) is 8.21. The maximum Gasteiger partial charge on any atom is 0.240 e. The largest absolute Gasteiger partial charge is 0.497 e. The number of benzene rings is 1. The summed E-state index contributed by atoms with van der Waals surface area (Å²) in [6.07, 6.45) is 1.57. The molecule has 1 aromatic heterocycles. The highest BCUT2D eigenvalue weighted by Gasteiger charge is 2.01. The monoisotopic (exact) mass is 202 g/mol. The van der Waals surface area contributed by atoms with Crippen molar-refractivity contribution in [2.45, 2.75) is 0 Å². The second-order valence-corrected chi connectivity index (χ2v) is 2.93. The third-order valence-electron chi connectivity index (χ3n) is 1.96. The van der Waals surface area contributed by atoms with Gasteiger partial charge in [-0.3, -0.25) is 0 Å². The normalized spacial score (nSPS) is 9.93. The minimum absolute atomic E-state index is 0.170. The van der Waals surface area contributed by atoms with E-state index in [1.54, 1.807) is 13.3 Å². The molecule has 5 nitrogen and oxygen atoms in total. The van der Waals surface area contributed by atoms with Crippen LogP contribution in [0, 0.1) is 0 Å². The van der Waals surface area contributed by atoms with Crippen LogP contribution in [0.2, 0.25) is 0 Å². The Morgan fingerprint density at radius 3 is 2.53 bits per heavy atom. The van der Waals surface area contributed by atoms with Gasteiger partial charge in [0.2, 0.25) is 5.95 Å². The molecule has 0 fully saturated rings. The Morgan fingerprint density at radius 1 is 1.20 bits per heavy atom. The van der Waals surface area contributed by atoms with Crippen molar-refractivity contribution in [3.63, 3.8) is 0 Å². The predicted molar refractivity (Wildman–Crippen MR) is 56.2 cm³/mol. The molecule has 0 saturated heterocycles. The fourth-order valence-electron chi connectivity index (χ4n) is 1.22. The summed E-state index contributed by atoms with van der Waals surface area (Å²) >= 11 is 0. The van der Waals surface area contributed by atoms with E-state index in [2.05, 4.69) is 15.2 Å². The first kappa shape index (κ1) is 9.39. The molecule has 2 N–H and O–H groups in total. The van der Waals surface area contributed by atoms with Gasteiger partial charge >= 0.3 is 0 Å². The first-order valence-corrected chi connectivity index (χ1v) is 4.39. The second-order valence-electron chi connectivity index (χ2n) is 2.93. The molecule has 0 unspecified atom stereocenters. The van der Waals surface area contributed by atoms with Crippen molar-refractivity contribution in [2.75, 3.05) is 12.8 Å². The minimum atomic E-state index is 0.170. The first-order valence-electron chi connectivity index (χ1n) is 4.39. The highest BCUT2D eigenvalue weighted by Crippen LogP contribution is 2.19. The second kappa shape index (κ2) is 3.91. The van der Waals surface area contributed by atoms with E-state index in [1.807, 2.05) is 24.3 Å². The van der Waals surface area contributed by atoms with Crippen LogP contribution in [-0.2, 0) is 0 Å². The minimum Gasteiger partial charge on any atom is -0.497 e. The van der Waals surface area contributed by atoms with E-state index in [4.69, 9.17) is 10.5 Å². The summed E-state index contributed by atoms with van der Waals surface area (Å²) in [6.45, 7) is 0. The van der Waals surface area contributed by atoms with Gasteiger partial charge in [0, 0.05) is 5.56 Å². The summed E-state index contributed by atoms with van der Waals surface area (Å²) in [7, 11) is 1.62. The Balaban J connectivity index is 2.37. The van der Waals surface area contributed by atoms with Crippen LogP contribution in [0.4, 0.5) is 5.95 Å². The van der Waals surface area contributed by atoms with Crippen LogP contribution in [0.3, 0.4) is 0 Å². The van der Waals surface area contributed by atoms with Crippen LogP contribution in [0.25, 0.3) is 11.3 Å². The van der Waals surface area contributed by atoms with E-state index in [1.165, 1.54) is 0 Å². The Labute approximate surface area is 86.9 Å². The third kappa shape index (κ3) is 2.01. The number of anilines is 1. The van der Waals surface area contributed by atoms with Crippen molar-refractivity contribution < 1.29 is 4.74 Å². The molecule has 0 spiro atoms. The lowest BCUT2D eigenvalue weighted by Gasteiger charge is -2.02. The Bertz CT molecular complexity index is 455. The van der Waals surface area contributed by atoms with E-state index >= 15 is 0 Å². The van der Waals surface area contributed by atoms with Crippen molar-refractivity contribution in [1.29, 1.82) is 0 Å². The molecule has 0 radical (unpaired) electrons. The van der Waals surface area contributed by atoms with Gasteiger partial charge in [0.15, 0.2) is 0 Å². The fourth-order valence-corrected chi connectivity index (χ4v) is 1.22. The van der Waals surface area contributed by atoms with E-state index in [0.29, 0.717) is 5.69 Å². The highest BCUT2D eigenvalue weighted by atomic mass is 16.5. The van der Waals surface area contributed by atoms with E-state index in [0.717, 1.165) is 11.3 Å². The topological polar surface area (TPSA) is 73.9 Å². The summed E-state index contributed by atoms with van der Waals surface area (Å²) in [6, 6.07) is 7.49. The van der Waals surface area contributed by atoms with Gasteiger partial charge in [0.1, 0.15) is 5.75 Å². The molecule has 0 atom stereocenters. The van der Waals surface area contributed by atoms with Gasteiger partial charge in [-0.1, -0.05) is 0 Å². The Morgan fingerprint density at radius 2 is 1.93 bits per heavy atom. The van der Waals surface area contributed by atoms with E-state index in [-0.39, 0.29) is 5.95 Å². The summed E-state index contributed by atoms with van der Waals surface area (Å²) in [5.74, 6) is 0.969. The van der Waals surface area contributed by atoms with Crippen molar-refractivity contribution in [3.05, 3.63) is 30.5 Å². The molecule has 0 aliphatic rings. The zero-order valence-electron chi connectivity index (χ0n) is 8.21. The number of hydrogen-bond acceptors (Lipinski definition) is 5. The molecule has 0 amide bonds. The van der Waals surface area contributed by atoms with Crippen LogP contribution < -0.4 is 10.5 Å².